The van der Waals surface area contributed by atoms with Gasteiger partial charge in [-0.1, -0.05) is 0 Å². The summed E-state index contributed by atoms with van der Waals surface area (Å²) in [5, 5.41) is 3.25. The van der Waals surface area contributed by atoms with Gasteiger partial charge in [-0.3, -0.25) is 9.59 Å². The number of fused-ring (bicyclic) bond motifs is 1. The minimum Gasteiger partial charge on any atom is -0.459 e. The van der Waals surface area contributed by atoms with Crippen molar-refractivity contribution >= 4 is 34.2 Å². The summed E-state index contributed by atoms with van der Waals surface area (Å²) >= 11 is 0. The van der Waals surface area contributed by atoms with Crippen molar-refractivity contribution in [3.05, 3.63) is 48.1 Å². The topological polar surface area (TPSA) is 102 Å². The molecule has 1 aromatic carbocycles. The van der Waals surface area contributed by atoms with Crippen molar-refractivity contribution in [3.63, 3.8) is 0 Å². The Morgan fingerprint density at radius 3 is 2.56 bits per heavy atom. The Bertz CT molecular complexity index is 908. The second kappa shape index (κ2) is 6.72. The molecule has 0 aliphatic carbocycles. The first-order valence-corrected chi connectivity index (χ1v) is 8.01. The van der Waals surface area contributed by atoms with Gasteiger partial charge in [-0.15, -0.1) is 0 Å². The van der Waals surface area contributed by atoms with Crippen LogP contribution in [0, 0.1) is 0 Å². The van der Waals surface area contributed by atoms with Crippen LogP contribution in [0.1, 0.15) is 35.0 Å². The molecular weight excluding hydrogens is 322 g/mol. The maximum atomic E-state index is 12.3. The highest BCUT2D eigenvalue weighted by molar-refractivity contribution is 6.13. The van der Waals surface area contributed by atoms with Gasteiger partial charge in [0, 0.05) is 30.2 Å². The van der Waals surface area contributed by atoms with E-state index in [1.54, 1.807) is 12.1 Å². The third kappa shape index (κ3) is 3.08. The van der Waals surface area contributed by atoms with E-state index in [1.807, 2.05) is 12.1 Å². The van der Waals surface area contributed by atoms with Gasteiger partial charge in [0.25, 0.3) is 11.8 Å². The SMILES string of the molecule is CCN(CC)c1ccc2c(NC(=O)c3ccco3)c(C(N)=O)oc2c1. The highest BCUT2D eigenvalue weighted by Gasteiger charge is 2.22. The number of benzene rings is 1. The standard InChI is InChI=1S/C18H19N3O4/c1-3-21(4-2)11-7-8-12-14(10-11)25-16(17(19)22)15(12)20-18(23)13-6-5-9-24-13/h5-10H,3-4H2,1-2H3,(H2,19,22)(H,20,23). The fraction of sp³-hybridized carbons (Fsp3) is 0.222. The maximum absolute atomic E-state index is 12.3. The molecule has 2 aromatic heterocycles. The van der Waals surface area contributed by atoms with Crippen molar-refractivity contribution in [1.82, 2.24) is 0 Å². The molecule has 0 spiro atoms. The van der Waals surface area contributed by atoms with Gasteiger partial charge >= 0.3 is 0 Å². The fourth-order valence-corrected chi connectivity index (χ4v) is 2.75. The van der Waals surface area contributed by atoms with Gasteiger partial charge in [0.05, 0.1) is 6.26 Å². The summed E-state index contributed by atoms with van der Waals surface area (Å²) in [6, 6.07) is 8.68. The zero-order valence-corrected chi connectivity index (χ0v) is 14.0. The predicted octanol–water partition coefficient (Wildman–Crippen LogP) is 3.22. The van der Waals surface area contributed by atoms with Gasteiger partial charge in [0.15, 0.2) is 5.76 Å². The lowest BCUT2D eigenvalue weighted by Gasteiger charge is -2.20. The summed E-state index contributed by atoms with van der Waals surface area (Å²) in [7, 11) is 0. The van der Waals surface area contributed by atoms with E-state index in [0.717, 1.165) is 18.8 Å². The van der Waals surface area contributed by atoms with Crippen LogP contribution in [0.3, 0.4) is 0 Å². The van der Waals surface area contributed by atoms with E-state index in [0.29, 0.717) is 11.0 Å². The number of amides is 2. The number of nitrogens with zero attached hydrogens (tertiary/aromatic N) is 1. The minimum absolute atomic E-state index is 0.0911. The number of furan rings is 2. The number of carbonyl (C=O) groups excluding carboxylic acids is 2. The quantitative estimate of drug-likeness (QED) is 0.717. The van der Waals surface area contributed by atoms with Gasteiger partial charge in [-0.05, 0) is 38.1 Å². The Labute approximate surface area is 144 Å². The van der Waals surface area contributed by atoms with Crippen LogP contribution < -0.4 is 16.0 Å². The van der Waals surface area contributed by atoms with E-state index in [-0.39, 0.29) is 17.2 Å². The van der Waals surface area contributed by atoms with Crippen molar-refractivity contribution < 1.29 is 18.4 Å². The summed E-state index contributed by atoms with van der Waals surface area (Å²) < 4.78 is 10.7. The summed E-state index contributed by atoms with van der Waals surface area (Å²) in [4.78, 5) is 26.1. The molecule has 2 heterocycles. The van der Waals surface area contributed by atoms with Crippen molar-refractivity contribution in [2.24, 2.45) is 5.73 Å². The Kier molecular flexibility index (Phi) is 4.47. The van der Waals surface area contributed by atoms with E-state index in [9.17, 15) is 9.59 Å². The minimum atomic E-state index is -0.754. The number of carbonyl (C=O) groups is 2. The number of rotatable bonds is 6. The van der Waals surface area contributed by atoms with Crippen LogP contribution >= 0.6 is 0 Å². The van der Waals surface area contributed by atoms with Gasteiger partial charge in [0.2, 0.25) is 5.76 Å². The van der Waals surface area contributed by atoms with Crippen LogP contribution in [-0.4, -0.2) is 24.9 Å². The molecule has 3 N–H and O–H groups in total. The number of primary amides is 1. The van der Waals surface area contributed by atoms with Crippen LogP contribution in [0.25, 0.3) is 11.0 Å². The number of anilines is 2. The molecule has 0 aliphatic heterocycles. The highest BCUT2D eigenvalue weighted by atomic mass is 16.4. The Morgan fingerprint density at radius 2 is 1.96 bits per heavy atom. The molecule has 0 radical (unpaired) electrons. The second-order valence-electron chi connectivity index (χ2n) is 5.45. The van der Waals surface area contributed by atoms with Crippen LogP contribution in [0.4, 0.5) is 11.4 Å². The molecule has 7 nitrogen and oxygen atoms in total. The number of nitrogens with two attached hydrogens (primary N) is 1. The van der Waals surface area contributed by atoms with E-state index < -0.39 is 11.8 Å². The van der Waals surface area contributed by atoms with Crippen molar-refractivity contribution in [2.75, 3.05) is 23.3 Å². The summed E-state index contributed by atoms with van der Waals surface area (Å²) in [5.41, 5.74) is 7.09. The summed E-state index contributed by atoms with van der Waals surface area (Å²) in [5.74, 6) is -1.20. The predicted molar refractivity (Wildman–Crippen MR) is 95.0 cm³/mol. The van der Waals surface area contributed by atoms with E-state index in [4.69, 9.17) is 14.6 Å². The Morgan fingerprint density at radius 1 is 1.20 bits per heavy atom. The van der Waals surface area contributed by atoms with Gasteiger partial charge in [0.1, 0.15) is 11.3 Å². The molecule has 0 unspecified atom stereocenters. The Balaban J connectivity index is 2.05. The first kappa shape index (κ1) is 16.6. The molecule has 2 amide bonds. The lowest BCUT2D eigenvalue weighted by molar-refractivity contribution is 0.0977. The lowest BCUT2D eigenvalue weighted by atomic mass is 10.2. The van der Waals surface area contributed by atoms with Crippen molar-refractivity contribution in [3.8, 4) is 0 Å². The highest BCUT2D eigenvalue weighted by Crippen LogP contribution is 2.33. The largest absolute Gasteiger partial charge is 0.459 e. The first-order valence-electron chi connectivity index (χ1n) is 8.01. The van der Waals surface area contributed by atoms with E-state index in [2.05, 4.69) is 24.1 Å². The molecule has 0 saturated heterocycles. The van der Waals surface area contributed by atoms with Crippen LogP contribution in [0.2, 0.25) is 0 Å². The monoisotopic (exact) mass is 341 g/mol. The molecule has 25 heavy (non-hydrogen) atoms. The van der Waals surface area contributed by atoms with Gasteiger partial charge in [-0.25, -0.2) is 0 Å². The molecule has 7 heteroatoms. The fourth-order valence-electron chi connectivity index (χ4n) is 2.75. The number of nitrogens with one attached hydrogen (secondary N) is 1. The second-order valence-corrected chi connectivity index (χ2v) is 5.45. The summed E-state index contributed by atoms with van der Waals surface area (Å²) in [6.07, 6.45) is 1.40. The van der Waals surface area contributed by atoms with Crippen LogP contribution in [0.15, 0.2) is 45.4 Å². The Hall–Kier alpha value is -3.22. The molecule has 0 fully saturated rings. The maximum Gasteiger partial charge on any atom is 0.291 e. The zero-order chi connectivity index (χ0) is 18.0. The first-order chi connectivity index (χ1) is 12.0. The normalized spacial score (nSPS) is 10.8. The van der Waals surface area contributed by atoms with Crippen LogP contribution in [0.5, 0.6) is 0 Å². The average Bonchev–Trinajstić information content (AvgIpc) is 3.24. The molecular formula is C18H19N3O4. The third-order valence-electron chi connectivity index (χ3n) is 4.01. The number of hydrogen-bond donors (Lipinski definition) is 2. The number of hydrogen-bond acceptors (Lipinski definition) is 5. The molecule has 0 aliphatic rings. The molecule has 0 atom stereocenters. The lowest BCUT2D eigenvalue weighted by Crippen LogP contribution is -2.21. The molecule has 0 bridgehead atoms. The zero-order valence-electron chi connectivity index (χ0n) is 14.0. The smallest absolute Gasteiger partial charge is 0.291 e. The van der Waals surface area contributed by atoms with E-state index >= 15 is 0 Å². The average molecular weight is 341 g/mol. The molecule has 0 saturated carbocycles. The third-order valence-corrected chi connectivity index (χ3v) is 4.01. The van der Waals surface area contributed by atoms with Crippen molar-refractivity contribution in [2.45, 2.75) is 13.8 Å². The van der Waals surface area contributed by atoms with Crippen molar-refractivity contribution in [1.29, 1.82) is 0 Å². The van der Waals surface area contributed by atoms with E-state index in [1.165, 1.54) is 12.3 Å². The molecule has 130 valence electrons. The summed E-state index contributed by atoms with van der Waals surface area (Å²) in [6.45, 7) is 5.79. The van der Waals surface area contributed by atoms with Gasteiger partial charge < -0.3 is 24.8 Å². The molecule has 3 aromatic rings. The van der Waals surface area contributed by atoms with Crippen LogP contribution in [-0.2, 0) is 0 Å². The van der Waals surface area contributed by atoms with Gasteiger partial charge in [-0.2, -0.15) is 0 Å². The molecule has 3 rings (SSSR count).